The van der Waals surface area contributed by atoms with Crippen LogP contribution in [-0.2, 0) is 4.79 Å². The number of carbonyl (C=O) groups excluding carboxylic acids is 1. The van der Waals surface area contributed by atoms with Gasteiger partial charge in [0.25, 0.3) is 0 Å². The van der Waals surface area contributed by atoms with Crippen molar-refractivity contribution in [3.8, 4) is 0 Å². The molecule has 0 saturated carbocycles. The van der Waals surface area contributed by atoms with E-state index in [-0.39, 0.29) is 5.91 Å². The van der Waals surface area contributed by atoms with Gasteiger partial charge in [-0.25, -0.2) is 0 Å². The Labute approximate surface area is 101 Å². The summed E-state index contributed by atoms with van der Waals surface area (Å²) >= 11 is 0. The topological polar surface area (TPSA) is 29.1 Å². The first-order valence-electron chi connectivity index (χ1n) is 7.01. The molecule has 0 aliphatic heterocycles. The minimum atomic E-state index is 0.217. The molecule has 0 aliphatic carbocycles. The number of hydrogen-bond acceptors (Lipinski definition) is 1. The molecule has 96 valence electrons. The van der Waals surface area contributed by atoms with Crippen LogP contribution in [0.1, 0.15) is 72.1 Å². The SMILES string of the molecule is CCCCCCC(CC)CCC(=O)NCC. The van der Waals surface area contributed by atoms with Gasteiger partial charge in [0.05, 0.1) is 0 Å². The minimum Gasteiger partial charge on any atom is -0.356 e. The normalized spacial score (nSPS) is 12.4. The van der Waals surface area contributed by atoms with Crippen LogP contribution in [-0.4, -0.2) is 12.5 Å². The molecule has 0 heterocycles. The van der Waals surface area contributed by atoms with E-state index in [4.69, 9.17) is 0 Å². The van der Waals surface area contributed by atoms with Crippen molar-refractivity contribution in [2.75, 3.05) is 6.54 Å². The highest BCUT2D eigenvalue weighted by Gasteiger charge is 2.08. The second kappa shape index (κ2) is 11.0. The third-order valence-corrected chi connectivity index (χ3v) is 3.20. The van der Waals surface area contributed by atoms with Crippen LogP contribution in [0.3, 0.4) is 0 Å². The molecule has 0 bridgehead atoms. The van der Waals surface area contributed by atoms with Gasteiger partial charge in [-0.3, -0.25) is 4.79 Å². The molecule has 1 amide bonds. The van der Waals surface area contributed by atoms with E-state index in [2.05, 4.69) is 19.2 Å². The van der Waals surface area contributed by atoms with Crippen LogP contribution >= 0.6 is 0 Å². The highest BCUT2D eigenvalue weighted by atomic mass is 16.1. The van der Waals surface area contributed by atoms with E-state index in [1.165, 1.54) is 38.5 Å². The third-order valence-electron chi connectivity index (χ3n) is 3.20. The molecule has 0 fully saturated rings. The van der Waals surface area contributed by atoms with E-state index >= 15 is 0 Å². The lowest BCUT2D eigenvalue weighted by atomic mass is 9.93. The van der Waals surface area contributed by atoms with E-state index in [1.54, 1.807) is 0 Å². The zero-order valence-electron chi connectivity index (χ0n) is 11.3. The third kappa shape index (κ3) is 8.75. The molecule has 0 rings (SSSR count). The maximum absolute atomic E-state index is 11.3. The molecule has 0 spiro atoms. The Hall–Kier alpha value is -0.530. The average Bonchev–Trinajstić information content (AvgIpc) is 2.28. The number of carbonyl (C=O) groups is 1. The fourth-order valence-electron chi connectivity index (χ4n) is 2.03. The number of rotatable bonds is 10. The first kappa shape index (κ1) is 15.5. The molecule has 1 N–H and O–H groups in total. The quantitative estimate of drug-likeness (QED) is 0.563. The lowest BCUT2D eigenvalue weighted by Crippen LogP contribution is -2.23. The predicted molar refractivity (Wildman–Crippen MR) is 70.5 cm³/mol. The van der Waals surface area contributed by atoms with Crippen molar-refractivity contribution >= 4 is 5.91 Å². The molecular weight excluding hydrogens is 198 g/mol. The summed E-state index contributed by atoms with van der Waals surface area (Å²) in [6.07, 6.45) is 9.63. The summed E-state index contributed by atoms with van der Waals surface area (Å²) in [4.78, 5) is 11.3. The Balaban J connectivity index is 3.54. The van der Waals surface area contributed by atoms with Crippen molar-refractivity contribution in [1.82, 2.24) is 5.32 Å². The van der Waals surface area contributed by atoms with Crippen molar-refractivity contribution in [3.05, 3.63) is 0 Å². The summed E-state index contributed by atoms with van der Waals surface area (Å²) in [5, 5.41) is 2.86. The molecule has 0 aromatic rings. The zero-order chi connectivity index (χ0) is 12.2. The first-order valence-corrected chi connectivity index (χ1v) is 7.01. The Bertz CT molecular complexity index is 168. The molecule has 16 heavy (non-hydrogen) atoms. The second-order valence-electron chi connectivity index (χ2n) is 4.62. The summed E-state index contributed by atoms with van der Waals surface area (Å²) in [6.45, 7) is 7.21. The van der Waals surface area contributed by atoms with Crippen LogP contribution in [0.25, 0.3) is 0 Å². The van der Waals surface area contributed by atoms with Crippen LogP contribution in [0.2, 0.25) is 0 Å². The van der Waals surface area contributed by atoms with Crippen LogP contribution in [0, 0.1) is 5.92 Å². The van der Waals surface area contributed by atoms with Gasteiger partial charge in [0, 0.05) is 13.0 Å². The highest BCUT2D eigenvalue weighted by Crippen LogP contribution is 2.19. The zero-order valence-corrected chi connectivity index (χ0v) is 11.3. The maximum Gasteiger partial charge on any atom is 0.219 e. The monoisotopic (exact) mass is 227 g/mol. The number of hydrogen-bond donors (Lipinski definition) is 1. The van der Waals surface area contributed by atoms with Gasteiger partial charge < -0.3 is 5.32 Å². The van der Waals surface area contributed by atoms with Crippen molar-refractivity contribution in [2.45, 2.75) is 72.1 Å². The summed E-state index contributed by atoms with van der Waals surface area (Å²) in [6, 6.07) is 0. The molecular formula is C14H29NO. The van der Waals surface area contributed by atoms with Gasteiger partial charge in [-0.2, -0.15) is 0 Å². The minimum absolute atomic E-state index is 0.217. The van der Waals surface area contributed by atoms with Crippen molar-refractivity contribution in [3.63, 3.8) is 0 Å². The molecule has 1 unspecified atom stereocenters. The largest absolute Gasteiger partial charge is 0.356 e. The lowest BCUT2D eigenvalue weighted by Gasteiger charge is -2.14. The van der Waals surface area contributed by atoms with E-state index in [0.29, 0.717) is 6.42 Å². The van der Waals surface area contributed by atoms with Crippen LogP contribution in [0.5, 0.6) is 0 Å². The van der Waals surface area contributed by atoms with Crippen molar-refractivity contribution in [2.24, 2.45) is 5.92 Å². The summed E-state index contributed by atoms with van der Waals surface area (Å²) in [5.74, 6) is 0.967. The molecule has 1 atom stereocenters. The Morgan fingerprint density at radius 2 is 1.81 bits per heavy atom. The van der Waals surface area contributed by atoms with Gasteiger partial charge >= 0.3 is 0 Å². The highest BCUT2D eigenvalue weighted by molar-refractivity contribution is 5.75. The molecule has 2 heteroatoms. The fraction of sp³-hybridized carbons (Fsp3) is 0.929. The number of amides is 1. The molecule has 0 aliphatic rings. The van der Waals surface area contributed by atoms with E-state index in [0.717, 1.165) is 18.9 Å². The standard InChI is InChI=1S/C14H29NO/c1-4-7-8-9-10-13(5-2)11-12-14(16)15-6-3/h13H,4-12H2,1-3H3,(H,15,16). The van der Waals surface area contributed by atoms with Crippen LogP contribution in [0.15, 0.2) is 0 Å². The van der Waals surface area contributed by atoms with Crippen molar-refractivity contribution < 1.29 is 4.79 Å². The smallest absolute Gasteiger partial charge is 0.219 e. The Morgan fingerprint density at radius 1 is 1.06 bits per heavy atom. The molecule has 0 radical (unpaired) electrons. The predicted octanol–water partition coefficient (Wildman–Crippen LogP) is 3.90. The lowest BCUT2D eigenvalue weighted by molar-refractivity contribution is -0.121. The maximum atomic E-state index is 11.3. The average molecular weight is 227 g/mol. The van der Waals surface area contributed by atoms with Crippen LogP contribution in [0.4, 0.5) is 0 Å². The molecule has 0 aromatic carbocycles. The van der Waals surface area contributed by atoms with E-state index < -0.39 is 0 Å². The van der Waals surface area contributed by atoms with Crippen LogP contribution < -0.4 is 5.32 Å². The Morgan fingerprint density at radius 3 is 2.38 bits per heavy atom. The van der Waals surface area contributed by atoms with Gasteiger partial charge in [-0.15, -0.1) is 0 Å². The molecule has 0 aromatic heterocycles. The number of unbranched alkanes of at least 4 members (excludes halogenated alkanes) is 3. The summed E-state index contributed by atoms with van der Waals surface area (Å²) in [5.41, 5.74) is 0. The summed E-state index contributed by atoms with van der Waals surface area (Å²) < 4.78 is 0. The molecule has 2 nitrogen and oxygen atoms in total. The fourth-order valence-corrected chi connectivity index (χ4v) is 2.03. The van der Waals surface area contributed by atoms with Gasteiger partial charge in [0.15, 0.2) is 0 Å². The number of nitrogens with one attached hydrogen (secondary N) is 1. The van der Waals surface area contributed by atoms with Crippen molar-refractivity contribution in [1.29, 1.82) is 0 Å². The van der Waals surface area contributed by atoms with E-state index in [9.17, 15) is 4.79 Å². The molecule has 0 saturated heterocycles. The summed E-state index contributed by atoms with van der Waals surface area (Å²) in [7, 11) is 0. The van der Waals surface area contributed by atoms with Gasteiger partial charge in [0.2, 0.25) is 5.91 Å². The van der Waals surface area contributed by atoms with Gasteiger partial charge in [-0.1, -0.05) is 52.4 Å². The second-order valence-corrected chi connectivity index (χ2v) is 4.62. The first-order chi connectivity index (χ1) is 7.74. The Kier molecular flexibility index (Phi) is 10.6. The van der Waals surface area contributed by atoms with Gasteiger partial charge in [-0.05, 0) is 19.3 Å². The van der Waals surface area contributed by atoms with E-state index in [1.807, 2.05) is 6.92 Å². The van der Waals surface area contributed by atoms with Gasteiger partial charge in [0.1, 0.15) is 0 Å².